The van der Waals surface area contributed by atoms with Crippen molar-refractivity contribution in [2.45, 2.75) is 33.1 Å². The van der Waals surface area contributed by atoms with Crippen molar-refractivity contribution < 1.29 is 22.4 Å². The molecule has 0 radical (unpaired) electrons. The minimum Gasteiger partial charge on any atom is -0.509 e. The minimum atomic E-state index is -3.53. The quantitative estimate of drug-likeness (QED) is 0.553. The van der Waals surface area contributed by atoms with Crippen LogP contribution in [0, 0.1) is 0 Å². The van der Waals surface area contributed by atoms with Crippen LogP contribution in [0.4, 0.5) is 0 Å². The molecular formula is C21H26O5S. The van der Waals surface area contributed by atoms with Crippen LogP contribution in [0.25, 0.3) is 0 Å². The van der Waals surface area contributed by atoms with E-state index in [1.54, 1.807) is 12.1 Å². The van der Waals surface area contributed by atoms with Crippen molar-refractivity contribution in [3.05, 3.63) is 71.0 Å². The maximum Gasteiger partial charge on any atom is 0.306 e. The molecule has 5 nitrogen and oxygen atoms in total. The van der Waals surface area contributed by atoms with Gasteiger partial charge in [-0.15, -0.1) is 0 Å². The zero-order valence-corrected chi connectivity index (χ0v) is 17.1. The van der Waals surface area contributed by atoms with Gasteiger partial charge in [-0.1, -0.05) is 38.1 Å². The lowest BCUT2D eigenvalue weighted by Gasteiger charge is -2.26. The lowest BCUT2D eigenvalue weighted by molar-refractivity contribution is 0.267. The van der Waals surface area contributed by atoms with Crippen LogP contribution in [0.5, 0.6) is 11.5 Å². The number of ether oxygens (including phenoxy) is 1. The van der Waals surface area contributed by atoms with E-state index in [2.05, 4.69) is 13.8 Å². The van der Waals surface area contributed by atoms with Crippen molar-refractivity contribution in [3.63, 3.8) is 0 Å². The zero-order chi connectivity index (χ0) is 20.2. The normalized spacial score (nSPS) is 11.7. The predicted molar refractivity (Wildman–Crippen MR) is 107 cm³/mol. The second kappa shape index (κ2) is 8.05. The largest absolute Gasteiger partial charge is 0.509 e. The van der Waals surface area contributed by atoms with Crippen LogP contribution in [-0.4, -0.2) is 26.4 Å². The number of hydrogen-bond donors (Lipinski definition) is 1. The molecule has 27 heavy (non-hydrogen) atoms. The molecule has 2 aromatic rings. The molecule has 1 N–H and O–H groups in total. The Morgan fingerprint density at radius 3 is 1.78 bits per heavy atom. The summed E-state index contributed by atoms with van der Waals surface area (Å²) in [5.74, 6) is 1.20. The van der Waals surface area contributed by atoms with Crippen LogP contribution in [0.1, 0.15) is 38.8 Å². The summed E-state index contributed by atoms with van der Waals surface area (Å²) < 4.78 is 32.9. The average molecular weight is 391 g/mol. The van der Waals surface area contributed by atoms with Gasteiger partial charge in [0, 0.05) is 5.41 Å². The molecule has 0 fully saturated rings. The number of hydrogen-bond acceptors (Lipinski definition) is 5. The number of aliphatic hydroxyl groups excluding tert-OH is 1. The van der Waals surface area contributed by atoms with E-state index in [1.165, 1.54) is 0 Å². The number of aliphatic hydroxyl groups is 1. The van der Waals surface area contributed by atoms with Gasteiger partial charge in [0.25, 0.3) is 0 Å². The summed E-state index contributed by atoms with van der Waals surface area (Å²) in [5.41, 5.74) is 2.65. The Morgan fingerprint density at radius 1 is 0.926 bits per heavy atom. The Morgan fingerprint density at radius 2 is 1.37 bits per heavy atom. The molecule has 0 aliphatic heterocycles. The van der Waals surface area contributed by atoms with Crippen LogP contribution in [0.15, 0.2) is 59.9 Å². The topological polar surface area (TPSA) is 72.8 Å². The second-order valence-electron chi connectivity index (χ2n) is 7.20. The van der Waals surface area contributed by atoms with E-state index in [0.29, 0.717) is 11.5 Å². The van der Waals surface area contributed by atoms with Gasteiger partial charge in [0.15, 0.2) is 0 Å². The number of allylic oxidation sites excluding steroid dienone is 1. The molecule has 0 amide bonds. The van der Waals surface area contributed by atoms with Crippen molar-refractivity contribution in [3.8, 4) is 11.5 Å². The van der Waals surface area contributed by atoms with E-state index in [1.807, 2.05) is 50.2 Å². The highest BCUT2D eigenvalue weighted by Crippen LogP contribution is 2.33. The van der Waals surface area contributed by atoms with Crippen LogP contribution in [0.3, 0.4) is 0 Å². The standard InChI is InChI=1S/C21H26O5S/c1-15(2)20(22)14-25-18-10-6-16(7-11-18)21(3,4)17-8-12-19(13-9-17)26-27(5,23)24/h6-13,22H,14H2,1-5H3. The molecule has 2 aromatic carbocycles. The highest BCUT2D eigenvalue weighted by molar-refractivity contribution is 7.86. The monoisotopic (exact) mass is 390 g/mol. The molecule has 0 unspecified atom stereocenters. The number of rotatable bonds is 7. The van der Waals surface area contributed by atoms with Crippen molar-refractivity contribution in [1.82, 2.24) is 0 Å². The van der Waals surface area contributed by atoms with E-state index in [0.717, 1.165) is 23.0 Å². The van der Waals surface area contributed by atoms with E-state index < -0.39 is 10.1 Å². The van der Waals surface area contributed by atoms with Gasteiger partial charge < -0.3 is 14.0 Å². The SMILES string of the molecule is CC(C)=C(O)COc1ccc(C(C)(C)c2ccc(OS(C)(=O)=O)cc2)cc1. The van der Waals surface area contributed by atoms with E-state index >= 15 is 0 Å². The molecule has 0 aliphatic rings. The fourth-order valence-electron chi connectivity index (χ4n) is 2.53. The lowest BCUT2D eigenvalue weighted by Crippen LogP contribution is -2.18. The van der Waals surface area contributed by atoms with Gasteiger partial charge in [-0.05, 0) is 54.8 Å². The first-order valence-electron chi connectivity index (χ1n) is 8.58. The summed E-state index contributed by atoms with van der Waals surface area (Å²) in [5, 5.41) is 9.72. The van der Waals surface area contributed by atoms with Gasteiger partial charge in [-0.25, -0.2) is 0 Å². The van der Waals surface area contributed by atoms with Gasteiger partial charge >= 0.3 is 10.1 Å². The van der Waals surface area contributed by atoms with Crippen molar-refractivity contribution >= 4 is 10.1 Å². The highest BCUT2D eigenvalue weighted by atomic mass is 32.2. The fourth-order valence-corrected chi connectivity index (χ4v) is 2.99. The first-order chi connectivity index (χ1) is 12.5. The van der Waals surface area contributed by atoms with Gasteiger partial charge in [0.2, 0.25) is 0 Å². The van der Waals surface area contributed by atoms with Gasteiger partial charge in [0.05, 0.1) is 6.26 Å². The number of benzene rings is 2. The Balaban J connectivity index is 2.15. The Hall–Kier alpha value is -2.47. The van der Waals surface area contributed by atoms with Gasteiger partial charge in [-0.2, -0.15) is 8.42 Å². The van der Waals surface area contributed by atoms with Crippen molar-refractivity contribution in [2.24, 2.45) is 0 Å². The molecule has 0 aromatic heterocycles. The van der Waals surface area contributed by atoms with Crippen LogP contribution >= 0.6 is 0 Å². The summed E-state index contributed by atoms with van der Waals surface area (Å²) in [7, 11) is -3.53. The highest BCUT2D eigenvalue weighted by Gasteiger charge is 2.23. The summed E-state index contributed by atoms with van der Waals surface area (Å²) in [6.45, 7) is 7.98. The fraction of sp³-hybridized carbons (Fsp3) is 0.333. The molecular weight excluding hydrogens is 364 g/mol. The summed E-state index contributed by atoms with van der Waals surface area (Å²) in [6, 6.07) is 14.7. The lowest BCUT2D eigenvalue weighted by atomic mass is 9.78. The minimum absolute atomic E-state index is 0.146. The molecule has 0 spiro atoms. The summed E-state index contributed by atoms with van der Waals surface area (Å²) >= 11 is 0. The molecule has 0 bridgehead atoms. The molecule has 6 heteroatoms. The Bertz CT molecular complexity index is 904. The molecule has 0 saturated carbocycles. The molecule has 0 atom stereocenters. The third-order valence-electron chi connectivity index (χ3n) is 4.35. The molecule has 0 saturated heterocycles. The maximum absolute atomic E-state index is 11.2. The Kier molecular flexibility index (Phi) is 6.21. The maximum atomic E-state index is 11.2. The predicted octanol–water partition coefficient (Wildman–Crippen LogP) is 4.58. The average Bonchev–Trinajstić information content (AvgIpc) is 2.59. The van der Waals surface area contributed by atoms with Gasteiger partial charge in [0.1, 0.15) is 23.9 Å². The second-order valence-corrected chi connectivity index (χ2v) is 8.77. The first-order valence-corrected chi connectivity index (χ1v) is 10.4. The van der Waals surface area contributed by atoms with Crippen LogP contribution < -0.4 is 8.92 Å². The third kappa shape index (κ3) is 5.76. The Labute approximate surface area is 161 Å². The van der Waals surface area contributed by atoms with E-state index in [-0.39, 0.29) is 17.8 Å². The zero-order valence-electron chi connectivity index (χ0n) is 16.3. The van der Waals surface area contributed by atoms with E-state index in [4.69, 9.17) is 8.92 Å². The smallest absolute Gasteiger partial charge is 0.306 e. The molecule has 0 aliphatic carbocycles. The molecule has 2 rings (SSSR count). The summed E-state index contributed by atoms with van der Waals surface area (Å²) in [4.78, 5) is 0. The molecule has 0 heterocycles. The van der Waals surface area contributed by atoms with Crippen molar-refractivity contribution in [2.75, 3.05) is 12.9 Å². The molecule has 146 valence electrons. The van der Waals surface area contributed by atoms with E-state index in [9.17, 15) is 13.5 Å². The van der Waals surface area contributed by atoms with Crippen LogP contribution in [0.2, 0.25) is 0 Å². The van der Waals surface area contributed by atoms with Gasteiger partial charge in [-0.3, -0.25) is 0 Å². The third-order valence-corrected chi connectivity index (χ3v) is 4.85. The van der Waals surface area contributed by atoms with Crippen LogP contribution in [-0.2, 0) is 15.5 Å². The first kappa shape index (κ1) is 20.8. The van der Waals surface area contributed by atoms with Crippen molar-refractivity contribution in [1.29, 1.82) is 0 Å². The summed E-state index contributed by atoms with van der Waals surface area (Å²) in [6.07, 6.45) is 1.02.